The highest BCUT2D eigenvalue weighted by Gasteiger charge is 2.33. The van der Waals surface area contributed by atoms with Crippen molar-refractivity contribution >= 4 is 34.6 Å². The lowest BCUT2D eigenvalue weighted by Crippen LogP contribution is -2.29. The molecule has 0 bridgehead atoms. The Bertz CT molecular complexity index is 1060. The highest BCUT2D eigenvalue weighted by atomic mass is 16.2. The number of para-hydroxylation sites is 1. The van der Waals surface area contributed by atoms with Crippen LogP contribution in [-0.4, -0.2) is 17.5 Å². The van der Waals surface area contributed by atoms with Gasteiger partial charge in [-0.3, -0.25) is 9.59 Å². The number of rotatable bonds is 4. The van der Waals surface area contributed by atoms with Crippen LogP contribution in [0.3, 0.4) is 0 Å². The summed E-state index contributed by atoms with van der Waals surface area (Å²) in [5.41, 5.74) is 4.54. The molecule has 1 heterocycles. The molecular weight excluding hydrogens is 350 g/mol. The van der Waals surface area contributed by atoms with Crippen LogP contribution in [0.25, 0.3) is 0 Å². The van der Waals surface area contributed by atoms with Gasteiger partial charge in [-0.2, -0.15) is 0 Å². The van der Waals surface area contributed by atoms with E-state index < -0.39 is 0 Å². The standard InChI is InChI=1S/C23H19N3O2/c1-16(27)24-18-11-13-19(14-12-18)25-22-20-9-5-6-10-21(20)26(23(22)28)15-17-7-3-2-4-8-17/h2-14H,15H2,1H3,(H,24,27). The molecule has 5 heteroatoms. The number of aliphatic imine (C=N–C) groups is 1. The number of carbonyl (C=O) groups is 2. The smallest absolute Gasteiger partial charge is 0.277 e. The van der Waals surface area contributed by atoms with E-state index in [0.717, 1.165) is 16.8 Å². The van der Waals surface area contributed by atoms with Gasteiger partial charge in [0.1, 0.15) is 5.71 Å². The van der Waals surface area contributed by atoms with Gasteiger partial charge in [-0.05, 0) is 35.9 Å². The van der Waals surface area contributed by atoms with Gasteiger partial charge in [0, 0.05) is 18.2 Å². The quantitative estimate of drug-likeness (QED) is 0.745. The van der Waals surface area contributed by atoms with Crippen LogP contribution in [0.5, 0.6) is 0 Å². The minimum Gasteiger partial charge on any atom is -0.326 e. The largest absolute Gasteiger partial charge is 0.326 e. The number of nitrogens with one attached hydrogen (secondary N) is 1. The molecular formula is C23H19N3O2. The topological polar surface area (TPSA) is 61.8 Å². The molecule has 1 aliphatic heterocycles. The Labute approximate surface area is 163 Å². The zero-order valence-electron chi connectivity index (χ0n) is 15.4. The average Bonchev–Trinajstić information content (AvgIpc) is 2.96. The molecule has 0 atom stereocenters. The third-order valence-corrected chi connectivity index (χ3v) is 4.51. The van der Waals surface area contributed by atoms with Gasteiger partial charge in [-0.25, -0.2) is 4.99 Å². The summed E-state index contributed by atoms with van der Waals surface area (Å²) in [5, 5.41) is 2.72. The predicted molar refractivity (Wildman–Crippen MR) is 111 cm³/mol. The molecule has 5 nitrogen and oxygen atoms in total. The van der Waals surface area contributed by atoms with Crippen molar-refractivity contribution in [2.75, 3.05) is 10.2 Å². The van der Waals surface area contributed by atoms with Gasteiger partial charge in [-0.15, -0.1) is 0 Å². The summed E-state index contributed by atoms with van der Waals surface area (Å²) in [6.45, 7) is 1.96. The van der Waals surface area contributed by atoms with Crippen LogP contribution in [0.2, 0.25) is 0 Å². The number of carbonyl (C=O) groups excluding carboxylic acids is 2. The minimum absolute atomic E-state index is 0.115. The fourth-order valence-corrected chi connectivity index (χ4v) is 3.24. The Kier molecular flexibility index (Phi) is 4.72. The van der Waals surface area contributed by atoms with Crippen LogP contribution in [0.15, 0.2) is 83.9 Å². The number of hydrogen-bond donors (Lipinski definition) is 1. The van der Waals surface area contributed by atoms with Gasteiger partial charge in [-0.1, -0.05) is 48.5 Å². The second-order valence-electron chi connectivity index (χ2n) is 6.58. The Balaban J connectivity index is 1.67. The second-order valence-corrected chi connectivity index (χ2v) is 6.58. The van der Waals surface area contributed by atoms with Crippen LogP contribution in [0.4, 0.5) is 17.1 Å². The molecule has 28 heavy (non-hydrogen) atoms. The summed E-state index contributed by atoms with van der Waals surface area (Å²) < 4.78 is 0. The average molecular weight is 369 g/mol. The maximum Gasteiger partial charge on any atom is 0.277 e. The van der Waals surface area contributed by atoms with Crippen LogP contribution < -0.4 is 10.2 Å². The van der Waals surface area contributed by atoms with E-state index in [1.807, 2.05) is 54.6 Å². The third-order valence-electron chi connectivity index (χ3n) is 4.51. The number of nitrogens with zero attached hydrogens (tertiary/aromatic N) is 2. The summed E-state index contributed by atoms with van der Waals surface area (Å²) in [6.07, 6.45) is 0. The lowest BCUT2D eigenvalue weighted by molar-refractivity contribution is -0.114. The second kappa shape index (κ2) is 7.48. The van der Waals surface area contributed by atoms with Gasteiger partial charge in [0.2, 0.25) is 5.91 Å². The molecule has 0 aliphatic carbocycles. The van der Waals surface area contributed by atoms with Crippen molar-refractivity contribution < 1.29 is 9.59 Å². The maximum absolute atomic E-state index is 13.1. The third kappa shape index (κ3) is 3.55. The molecule has 1 N–H and O–H groups in total. The van der Waals surface area contributed by atoms with Gasteiger partial charge >= 0.3 is 0 Å². The van der Waals surface area contributed by atoms with E-state index in [-0.39, 0.29) is 11.8 Å². The number of amides is 2. The van der Waals surface area contributed by atoms with Crippen molar-refractivity contribution in [2.45, 2.75) is 13.5 Å². The van der Waals surface area contributed by atoms with E-state index in [1.54, 1.807) is 29.2 Å². The van der Waals surface area contributed by atoms with Gasteiger partial charge < -0.3 is 10.2 Å². The molecule has 0 saturated carbocycles. The van der Waals surface area contributed by atoms with Crippen molar-refractivity contribution in [1.29, 1.82) is 0 Å². The molecule has 0 fully saturated rings. The highest BCUT2D eigenvalue weighted by molar-refractivity contribution is 6.54. The molecule has 2 amide bonds. The first-order valence-electron chi connectivity index (χ1n) is 9.03. The predicted octanol–water partition coefficient (Wildman–Crippen LogP) is 4.31. The van der Waals surface area contributed by atoms with Crippen molar-refractivity contribution in [3.05, 3.63) is 90.0 Å². The van der Waals surface area contributed by atoms with Crippen LogP contribution in [-0.2, 0) is 16.1 Å². The van der Waals surface area contributed by atoms with E-state index in [2.05, 4.69) is 10.3 Å². The first-order valence-corrected chi connectivity index (χ1v) is 9.03. The van der Waals surface area contributed by atoms with E-state index in [9.17, 15) is 9.59 Å². The van der Waals surface area contributed by atoms with E-state index in [0.29, 0.717) is 23.6 Å². The lowest BCUT2D eigenvalue weighted by Gasteiger charge is -2.16. The Morgan fingerprint density at radius 2 is 1.61 bits per heavy atom. The summed E-state index contributed by atoms with van der Waals surface area (Å²) in [5.74, 6) is -0.244. The van der Waals surface area contributed by atoms with E-state index in [4.69, 9.17) is 0 Å². The summed E-state index contributed by atoms with van der Waals surface area (Å²) in [4.78, 5) is 30.6. The zero-order valence-corrected chi connectivity index (χ0v) is 15.4. The molecule has 4 rings (SSSR count). The van der Waals surface area contributed by atoms with Gasteiger partial charge in [0.15, 0.2) is 0 Å². The number of anilines is 2. The summed E-state index contributed by atoms with van der Waals surface area (Å²) in [7, 11) is 0. The van der Waals surface area contributed by atoms with Crippen molar-refractivity contribution in [3.8, 4) is 0 Å². The van der Waals surface area contributed by atoms with Crippen LogP contribution >= 0.6 is 0 Å². The lowest BCUT2D eigenvalue weighted by atomic mass is 10.1. The molecule has 3 aromatic carbocycles. The molecule has 0 radical (unpaired) electrons. The summed E-state index contributed by atoms with van der Waals surface area (Å²) >= 11 is 0. The first-order chi connectivity index (χ1) is 13.6. The minimum atomic E-state index is -0.129. The first kappa shape index (κ1) is 17.7. The molecule has 3 aromatic rings. The summed E-state index contributed by atoms with van der Waals surface area (Å²) in [6, 6.07) is 24.7. The molecule has 138 valence electrons. The Hall–Kier alpha value is -3.73. The van der Waals surface area contributed by atoms with Gasteiger partial charge in [0.05, 0.1) is 17.9 Å². The molecule has 0 saturated heterocycles. The van der Waals surface area contributed by atoms with Crippen LogP contribution in [0, 0.1) is 0 Å². The van der Waals surface area contributed by atoms with Gasteiger partial charge in [0.25, 0.3) is 5.91 Å². The molecule has 0 aromatic heterocycles. The van der Waals surface area contributed by atoms with Crippen molar-refractivity contribution in [1.82, 2.24) is 0 Å². The van der Waals surface area contributed by atoms with Crippen molar-refractivity contribution in [3.63, 3.8) is 0 Å². The fraction of sp³-hybridized carbons (Fsp3) is 0.0870. The monoisotopic (exact) mass is 369 g/mol. The number of hydrogen-bond acceptors (Lipinski definition) is 3. The molecule has 0 unspecified atom stereocenters. The molecule has 0 spiro atoms. The number of benzene rings is 3. The SMILES string of the molecule is CC(=O)Nc1ccc(N=C2C(=O)N(Cc3ccccc3)c3ccccc32)cc1. The van der Waals surface area contributed by atoms with Crippen LogP contribution in [0.1, 0.15) is 18.1 Å². The highest BCUT2D eigenvalue weighted by Crippen LogP contribution is 2.32. The van der Waals surface area contributed by atoms with E-state index in [1.165, 1.54) is 6.92 Å². The zero-order chi connectivity index (χ0) is 19.5. The Morgan fingerprint density at radius 1 is 0.929 bits per heavy atom. The normalized spacial score (nSPS) is 14.2. The fourth-order valence-electron chi connectivity index (χ4n) is 3.24. The van der Waals surface area contributed by atoms with E-state index >= 15 is 0 Å². The molecule has 1 aliphatic rings. The number of fused-ring (bicyclic) bond motifs is 1. The Morgan fingerprint density at radius 3 is 2.32 bits per heavy atom. The van der Waals surface area contributed by atoms with Crippen molar-refractivity contribution in [2.24, 2.45) is 4.99 Å². The maximum atomic E-state index is 13.1.